The van der Waals surface area contributed by atoms with Gasteiger partial charge < -0.3 is 10.4 Å². The first kappa shape index (κ1) is 18.7. The molecule has 2 rings (SSSR count). The Kier molecular flexibility index (Phi) is 5.96. The van der Waals surface area contributed by atoms with Crippen LogP contribution in [-0.2, 0) is 29.5 Å². The fraction of sp³-hybridized carbons (Fsp3) is 0.421. The largest absolute Gasteiger partial charge is 0.481 e. The molecular formula is C19H25N3O3. The van der Waals surface area contributed by atoms with E-state index in [4.69, 9.17) is 0 Å². The Morgan fingerprint density at radius 1 is 1.20 bits per heavy atom. The molecule has 6 heteroatoms. The number of nitrogens with zero attached hydrogens (tertiary/aromatic N) is 2. The molecule has 0 saturated heterocycles. The van der Waals surface area contributed by atoms with Crippen LogP contribution in [0.5, 0.6) is 0 Å². The third-order valence-electron chi connectivity index (χ3n) is 4.49. The van der Waals surface area contributed by atoms with E-state index in [2.05, 4.69) is 10.4 Å². The molecule has 6 nitrogen and oxygen atoms in total. The van der Waals surface area contributed by atoms with Gasteiger partial charge in [0.25, 0.3) is 0 Å². The number of benzene rings is 1. The van der Waals surface area contributed by atoms with Gasteiger partial charge in [0.2, 0.25) is 5.91 Å². The molecule has 0 saturated carbocycles. The summed E-state index contributed by atoms with van der Waals surface area (Å²) in [5.41, 5.74) is 4.74. The van der Waals surface area contributed by atoms with Crippen molar-refractivity contribution in [3.63, 3.8) is 0 Å². The van der Waals surface area contributed by atoms with Crippen LogP contribution < -0.4 is 5.32 Å². The summed E-state index contributed by atoms with van der Waals surface area (Å²) in [5.74, 6) is -1.74. The molecule has 2 N–H and O–H groups in total. The molecule has 0 aliphatic rings. The molecule has 134 valence electrons. The van der Waals surface area contributed by atoms with Crippen LogP contribution in [0, 0.1) is 26.7 Å². The Morgan fingerprint density at radius 3 is 2.36 bits per heavy atom. The van der Waals surface area contributed by atoms with Gasteiger partial charge in [0, 0.05) is 24.8 Å². The van der Waals surface area contributed by atoms with E-state index < -0.39 is 11.9 Å². The molecule has 0 aliphatic heterocycles. The van der Waals surface area contributed by atoms with Crippen molar-refractivity contribution in [2.45, 2.75) is 33.6 Å². The molecule has 0 bridgehead atoms. The molecule has 0 spiro atoms. The third-order valence-corrected chi connectivity index (χ3v) is 4.49. The number of aromatic nitrogens is 2. The van der Waals surface area contributed by atoms with Gasteiger partial charge in [-0.2, -0.15) is 5.10 Å². The SMILES string of the molecule is Cc1ccc(CC(CNC(=O)Cc2c(C)nn(C)c2C)C(=O)O)cc1. The van der Waals surface area contributed by atoms with Gasteiger partial charge in [0.05, 0.1) is 18.0 Å². The van der Waals surface area contributed by atoms with Crippen LogP contribution in [-0.4, -0.2) is 33.3 Å². The molecule has 1 unspecified atom stereocenters. The van der Waals surface area contributed by atoms with Crippen molar-refractivity contribution in [2.75, 3.05) is 6.54 Å². The number of carboxylic acids is 1. The monoisotopic (exact) mass is 343 g/mol. The lowest BCUT2D eigenvalue weighted by Crippen LogP contribution is -2.35. The molecule has 0 radical (unpaired) electrons. The molecule has 1 heterocycles. The topological polar surface area (TPSA) is 84.2 Å². The van der Waals surface area contributed by atoms with Crippen LogP contribution in [0.25, 0.3) is 0 Å². The van der Waals surface area contributed by atoms with Gasteiger partial charge >= 0.3 is 5.97 Å². The summed E-state index contributed by atoms with van der Waals surface area (Å²) in [6.07, 6.45) is 0.600. The fourth-order valence-electron chi connectivity index (χ4n) is 2.79. The Hall–Kier alpha value is -2.63. The summed E-state index contributed by atoms with van der Waals surface area (Å²) in [4.78, 5) is 23.7. The van der Waals surface area contributed by atoms with E-state index in [0.717, 1.165) is 28.1 Å². The number of aliphatic carboxylic acids is 1. The van der Waals surface area contributed by atoms with Crippen molar-refractivity contribution in [2.24, 2.45) is 13.0 Å². The Balaban J connectivity index is 1.95. The first-order valence-corrected chi connectivity index (χ1v) is 8.32. The number of hydrogen-bond donors (Lipinski definition) is 2. The highest BCUT2D eigenvalue weighted by Crippen LogP contribution is 2.13. The van der Waals surface area contributed by atoms with Crippen molar-refractivity contribution in [3.8, 4) is 0 Å². The highest BCUT2D eigenvalue weighted by molar-refractivity contribution is 5.80. The molecular weight excluding hydrogens is 318 g/mol. The van der Waals surface area contributed by atoms with Crippen LogP contribution in [0.1, 0.15) is 28.1 Å². The lowest BCUT2D eigenvalue weighted by molar-refractivity contribution is -0.141. The summed E-state index contributed by atoms with van der Waals surface area (Å²) in [6, 6.07) is 7.77. The minimum Gasteiger partial charge on any atom is -0.481 e. The third kappa shape index (κ3) is 4.92. The Morgan fingerprint density at radius 2 is 1.84 bits per heavy atom. The molecule has 1 aromatic heterocycles. The van der Waals surface area contributed by atoms with E-state index in [0.29, 0.717) is 6.42 Å². The quantitative estimate of drug-likeness (QED) is 0.805. The zero-order chi connectivity index (χ0) is 18.6. The fourth-order valence-corrected chi connectivity index (χ4v) is 2.79. The summed E-state index contributed by atoms with van der Waals surface area (Å²) in [6.45, 7) is 5.88. The van der Waals surface area contributed by atoms with Crippen molar-refractivity contribution in [1.82, 2.24) is 15.1 Å². The average molecular weight is 343 g/mol. The van der Waals surface area contributed by atoms with Crippen LogP contribution in [0.3, 0.4) is 0 Å². The molecule has 0 fully saturated rings. The zero-order valence-electron chi connectivity index (χ0n) is 15.2. The normalized spacial score (nSPS) is 12.0. The second kappa shape index (κ2) is 7.96. The molecule has 1 aromatic carbocycles. The highest BCUT2D eigenvalue weighted by atomic mass is 16.4. The van der Waals surface area contributed by atoms with Crippen molar-refractivity contribution in [3.05, 3.63) is 52.3 Å². The Labute approximate surface area is 147 Å². The Bertz CT molecular complexity index is 763. The van der Waals surface area contributed by atoms with Crippen molar-refractivity contribution in [1.29, 1.82) is 0 Å². The lowest BCUT2D eigenvalue weighted by atomic mass is 9.98. The molecule has 2 aromatic rings. The number of amides is 1. The summed E-state index contributed by atoms with van der Waals surface area (Å²) in [5, 5.41) is 16.5. The summed E-state index contributed by atoms with van der Waals surface area (Å²) < 4.78 is 1.75. The summed E-state index contributed by atoms with van der Waals surface area (Å²) >= 11 is 0. The van der Waals surface area contributed by atoms with Crippen LogP contribution in [0.4, 0.5) is 0 Å². The van der Waals surface area contributed by atoms with Gasteiger partial charge in [-0.1, -0.05) is 29.8 Å². The number of carboxylic acid groups (broad SMARTS) is 1. The van der Waals surface area contributed by atoms with Crippen LogP contribution in [0.2, 0.25) is 0 Å². The number of aryl methyl sites for hydroxylation is 3. The van der Waals surface area contributed by atoms with Gasteiger partial charge in [-0.15, -0.1) is 0 Å². The van der Waals surface area contributed by atoms with E-state index in [1.165, 1.54) is 0 Å². The number of carbonyl (C=O) groups is 2. The smallest absolute Gasteiger partial charge is 0.308 e. The number of hydrogen-bond acceptors (Lipinski definition) is 3. The maximum absolute atomic E-state index is 12.2. The highest BCUT2D eigenvalue weighted by Gasteiger charge is 2.20. The molecule has 0 aliphatic carbocycles. The van der Waals surface area contributed by atoms with Gasteiger partial charge in [0.15, 0.2) is 0 Å². The second-order valence-corrected chi connectivity index (χ2v) is 6.48. The van der Waals surface area contributed by atoms with Gasteiger partial charge in [-0.3, -0.25) is 14.3 Å². The van der Waals surface area contributed by atoms with E-state index in [1.807, 2.05) is 52.1 Å². The van der Waals surface area contributed by atoms with Crippen molar-refractivity contribution < 1.29 is 14.7 Å². The first-order valence-electron chi connectivity index (χ1n) is 8.32. The van der Waals surface area contributed by atoms with Gasteiger partial charge in [-0.05, 0) is 32.8 Å². The standard InChI is InChI=1S/C19H25N3O3/c1-12-5-7-15(8-6-12)9-16(19(24)25)11-20-18(23)10-17-13(2)21-22(4)14(17)3/h5-8,16H,9-11H2,1-4H3,(H,20,23)(H,24,25). The van der Waals surface area contributed by atoms with Crippen molar-refractivity contribution >= 4 is 11.9 Å². The lowest BCUT2D eigenvalue weighted by Gasteiger charge is -2.14. The predicted octanol–water partition coefficient (Wildman–Crippen LogP) is 1.95. The van der Waals surface area contributed by atoms with E-state index in [1.54, 1.807) is 4.68 Å². The number of rotatable bonds is 7. The molecule has 1 amide bonds. The average Bonchev–Trinajstić information content (AvgIpc) is 2.79. The minimum atomic E-state index is -0.908. The molecule has 25 heavy (non-hydrogen) atoms. The number of carbonyl (C=O) groups excluding carboxylic acids is 1. The van der Waals surface area contributed by atoms with Gasteiger partial charge in [0.1, 0.15) is 0 Å². The first-order chi connectivity index (χ1) is 11.8. The minimum absolute atomic E-state index is 0.112. The summed E-state index contributed by atoms with van der Waals surface area (Å²) in [7, 11) is 1.84. The maximum Gasteiger partial charge on any atom is 0.308 e. The van der Waals surface area contributed by atoms with Crippen LogP contribution in [0.15, 0.2) is 24.3 Å². The molecule has 1 atom stereocenters. The van der Waals surface area contributed by atoms with Crippen LogP contribution >= 0.6 is 0 Å². The van der Waals surface area contributed by atoms with E-state index in [9.17, 15) is 14.7 Å². The number of nitrogens with one attached hydrogen (secondary N) is 1. The van der Waals surface area contributed by atoms with E-state index >= 15 is 0 Å². The van der Waals surface area contributed by atoms with Gasteiger partial charge in [-0.25, -0.2) is 0 Å². The second-order valence-electron chi connectivity index (χ2n) is 6.48. The maximum atomic E-state index is 12.2. The van der Waals surface area contributed by atoms with E-state index in [-0.39, 0.29) is 18.9 Å². The predicted molar refractivity (Wildman–Crippen MR) is 95.4 cm³/mol. The zero-order valence-corrected chi connectivity index (χ0v) is 15.2.